The lowest BCUT2D eigenvalue weighted by atomic mass is 10.1. The molecule has 0 aliphatic heterocycles. The predicted molar refractivity (Wildman–Crippen MR) is 65.0 cm³/mol. The Hall–Kier alpha value is -0.580. The van der Waals surface area contributed by atoms with Crippen LogP contribution in [0.5, 0.6) is 0 Å². The van der Waals surface area contributed by atoms with Crippen molar-refractivity contribution in [3.63, 3.8) is 0 Å². The van der Waals surface area contributed by atoms with Gasteiger partial charge in [-0.2, -0.15) is 8.75 Å². The Morgan fingerprint density at radius 1 is 1.20 bits per heavy atom. The highest BCUT2D eigenvalue weighted by Gasteiger charge is 2.07. The summed E-state index contributed by atoms with van der Waals surface area (Å²) in [7, 11) is 0. The molecule has 0 radical (unpaired) electrons. The summed E-state index contributed by atoms with van der Waals surface area (Å²) in [4.78, 5) is 1.15. The zero-order chi connectivity index (χ0) is 10.8. The van der Waals surface area contributed by atoms with Gasteiger partial charge in [0.2, 0.25) is 0 Å². The van der Waals surface area contributed by atoms with Crippen LogP contribution < -0.4 is 0 Å². The van der Waals surface area contributed by atoms with Crippen LogP contribution >= 0.6 is 35.1 Å². The van der Waals surface area contributed by atoms with E-state index in [-0.39, 0.29) is 0 Å². The molecule has 5 heteroatoms. The molecule has 0 fully saturated rings. The summed E-state index contributed by atoms with van der Waals surface area (Å²) < 4.78 is 8.05. The van der Waals surface area contributed by atoms with Crippen molar-refractivity contribution in [2.75, 3.05) is 0 Å². The third-order valence-electron chi connectivity index (χ3n) is 2.11. The summed E-state index contributed by atoms with van der Waals surface area (Å²) in [6.45, 7) is 4.20. The second-order valence-corrected chi connectivity index (χ2v) is 5.16. The van der Waals surface area contributed by atoms with Crippen molar-refractivity contribution in [3.8, 4) is 0 Å². The second-order valence-electron chi connectivity index (χ2n) is 3.21. The second kappa shape index (κ2) is 4.51. The average Bonchev–Trinajstić information content (AvgIpc) is 2.59. The molecule has 0 unspecified atom stereocenters. The number of nitrogens with zero attached hydrogens (tertiary/aromatic N) is 2. The third-order valence-corrected chi connectivity index (χ3v) is 4.20. The maximum atomic E-state index is 5.88. The lowest BCUT2D eigenvalue weighted by Gasteiger charge is -2.02. The molecule has 15 heavy (non-hydrogen) atoms. The minimum absolute atomic E-state index is 0.489. The van der Waals surface area contributed by atoms with E-state index in [2.05, 4.69) is 40.8 Å². The first-order chi connectivity index (χ1) is 7.16. The summed E-state index contributed by atoms with van der Waals surface area (Å²) in [5.41, 5.74) is 2.57. The minimum Gasteiger partial charge on any atom is -0.164 e. The monoisotopic (exact) mass is 256 g/mol. The van der Waals surface area contributed by atoms with Gasteiger partial charge in [-0.25, -0.2) is 0 Å². The van der Waals surface area contributed by atoms with Crippen LogP contribution in [0.1, 0.15) is 11.1 Å². The molecule has 78 valence electrons. The van der Waals surface area contributed by atoms with Gasteiger partial charge in [-0.3, -0.25) is 0 Å². The van der Waals surface area contributed by atoms with Crippen molar-refractivity contribution in [2.24, 2.45) is 0 Å². The maximum absolute atomic E-state index is 5.88. The number of aryl methyl sites for hydroxylation is 2. The highest BCUT2D eigenvalue weighted by atomic mass is 35.5. The number of hydrogen-bond donors (Lipinski definition) is 0. The van der Waals surface area contributed by atoms with Crippen molar-refractivity contribution in [3.05, 3.63) is 34.5 Å². The van der Waals surface area contributed by atoms with Crippen LogP contribution in [-0.4, -0.2) is 8.75 Å². The fourth-order valence-electron chi connectivity index (χ4n) is 1.12. The lowest BCUT2D eigenvalue weighted by molar-refractivity contribution is 1.24. The summed E-state index contributed by atoms with van der Waals surface area (Å²) in [6.07, 6.45) is 0. The molecule has 1 aromatic heterocycles. The molecule has 0 saturated heterocycles. The standard InChI is InChI=1S/C10H9ClN2S2/c1-6-3-4-8(5-7(6)2)14-10-9(11)12-15-13-10/h3-5H,1-2H3. The Kier molecular flexibility index (Phi) is 3.29. The molecular weight excluding hydrogens is 248 g/mol. The van der Waals surface area contributed by atoms with Gasteiger partial charge in [-0.15, -0.1) is 0 Å². The molecule has 0 spiro atoms. The Labute approximate surface area is 102 Å². The third kappa shape index (κ3) is 2.51. The highest BCUT2D eigenvalue weighted by Crippen LogP contribution is 2.32. The summed E-state index contributed by atoms with van der Waals surface area (Å²) in [6, 6.07) is 6.31. The van der Waals surface area contributed by atoms with E-state index >= 15 is 0 Å². The molecule has 0 atom stereocenters. The number of aromatic nitrogens is 2. The first-order valence-electron chi connectivity index (χ1n) is 4.40. The van der Waals surface area contributed by atoms with E-state index in [1.54, 1.807) is 11.8 Å². The maximum Gasteiger partial charge on any atom is 0.177 e. The summed E-state index contributed by atoms with van der Waals surface area (Å²) in [5.74, 6) is 0. The predicted octanol–water partition coefficient (Wildman–Crippen LogP) is 3.96. The SMILES string of the molecule is Cc1ccc(Sc2nsnc2Cl)cc1C. The molecule has 0 saturated carbocycles. The molecule has 0 amide bonds. The summed E-state index contributed by atoms with van der Waals surface area (Å²) in [5, 5.41) is 1.27. The zero-order valence-electron chi connectivity index (χ0n) is 8.32. The Morgan fingerprint density at radius 3 is 2.60 bits per heavy atom. The van der Waals surface area contributed by atoms with Gasteiger partial charge in [0.1, 0.15) is 0 Å². The molecule has 2 nitrogen and oxygen atoms in total. The fraction of sp³-hybridized carbons (Fsp3) is 0.200. The quantitative estimate of drug-likeness (QED) is 0.813. The molecule has 2 rings (SSSR count). The number of hydrogen-bond acceptors (Lipinski definition) is 4. The van der Waals surface area contributed by atoms with E-state index < -0.39 is 0 Å². The van der Waals surface area contributed by atoms with Crippen LogP contribution in [0.2, 0.25) is 5.15 Å². The van der Waals surface area contributed by atoms with Gasteiger partial charge in [0.05, 0.1) is 11.7 Å². The Morgan fingerprint density at radius 2 is 2.00 bits per heavy atom. The van der Waals surface area contributed by atoms with Gasteiger partial charge >= 0.3 is 0 Å². The lowest BCUT2D eigenvalue weighted by Crippen LogP contribution is -1.81. The normalized spacial score (nSPS) is 10.6. The van der Waals surface area contributed by atoms with Crippen LogP contribution in [0.25, 0.3) is 0 Å². The summed E-state index contributed by atoms with van der Waals surface area (Å²) >= 11 is 8.57. The molecule has 0 aliphatic rings. The van der Waals surface area contributed by atoms with Gasteiger partial charge in [0.25, 0.3) is 0 Å². The van der Waals surface area contributed by atoms with Crippen LogP contribution in [0.3, 0.4) is 0 Å². The van der Waals surface area contributed by atoms with Gasteiger partial charge < -0.3 is 0 Å². The van der Waals surface area contributed by atoms with E-state index in [1.807, 2.05) is 0 Å². The van der Waals surface area contributed by atoms with Crippen molar-refractivity contribution >= 4 is 35.1 Å². The van der Waals surface area contributed by atoms with Crippen molar-refractivity contribution in [1.82, 2.24) is 8.75 Å². The number of benzene rings is 1. The smallest absolute Gasteiger partial charge is 0.164 e. The first kappa shape index (κ1) is 10.9. The van der Waals surface area contributed by atoms with Crippen LogP contribution in [0, 0.1) is 13.8 Å². The van der Waals surface area contributed by atoms with E-state index in [0.29, 0.717) is 5.15 Å². The van der Waals surface area contributed by atoms with Gasteiger partial charge in [-0.1, -0.05) is 29.4 Å². The van der Waals surface area contributed by atoms with Gasteiger partial charge in [-0.05, 0) is 37.1 Å². The van der Waals surface area contributed by atoms with E-state index in [1.165, 1.54) is 11.1 Å². The molecular formula is C10H9ClN2S2. The van der Waals surface area contributed by atoms with E-state index in [0.717, 1.165) is 21.6 Å². The average molecular weight is 257 g/mol. The molecule has 1 heterocycles. The van der Waals surface area contributed by atoms with Gasteiger partial charge in [0, 0.05) is 4.90 Å². The molecule has 2 aromatic rings. The van der Waals surface area contributed by atoms with Crippen molar-refractivity contribution in [2.45, 2.75) is 23.8 Å². The number of halogens is 1. The molecule has 0 bridgehead atoms. The number of rotatable bonds is 2. The van der Waals surface area contributed by atoms with Gasteiger partial charge in [0.15, 0.2) is 10.2 Å². The molecule has 0 aliphatic carbocycles. The van der Waals surface area contributed by atoms with E-state index in [4.69, 9.17) is 11.6 Å². The topological polar surface area (TPSA) is 25.8 Å². The van der Waals surface area contributed by atoms with Crippen molar-refractivity contribution < 1.29 is 0 Å². The molecule has 1 aromatic carbocycles. The van der Waals surface area contributed by atoms with Crippen LogP contribution in [0.15, 0.2) is 28.1 Å². The fourth-order valence-corrected chi connectivity index (χ4v) is 2.81. The molecule has 0 N–H and O–H groups in total. The van der Waals surface area contributed by atoms with E-state index in [9.17, 15) is 0 Å². The van der Waals surface area contributed by atoms with Crippen molar-refractivity contribution in [1.29, 1.82) is 0 Å². The Bertz CT molecular complexity index is 482. The minimum atomic E-state index is 0.489. The Balaban J connectivity index is 2.25. The first-order valence-corrected chi connectivity index (χ1v) is 6.32. The van der Waals surface area contributed by atoms with Crippen LogP contribution in [-0.2, 0) is 0 Å². The zero-order valence-corrected chi connectivity index (χ0v) is 10.7. The van der Waals surface area contributed by atoms with Crippen LogP contribution in [0.4, 0.5) is 0 Å². The largest absolute Gasteiger partial charge is 0.177 e. The highest BCUT2D eigenvalue weighted by molar-refractivity contribution is 7.99.